The first-order chi connectivity index (χ1) is 2.41. The van der Waals surface area contributed by atoms with Crippen LogP contribution in [-0.2, 0) is 4.79 Å². The van der Waals surface area contributed by atoms with Crippen LogP contribution >= 0.6 is 0 Å². The van der Waals surface area contributed by atoms with Crippen LogP contribution in [0.25, 0.3) is 0 Å². The topological polar surface area (TPSA) is 17.1 Å². The van der Waals surface area contributed by atoms with Gasteiger partial charge in [0.25, 0.3) is 0 Å². The first-order valence-electron chi connectivity index (χ1n) is 1.85. The maximum absolute atomic E-state index is 9.40. The molecule has 0 unspecified atom stereocenters. The number of unbranched alkanes of at least 4 members (excludes halogenated alkanes) is 1. The summed E-state index contributed by atoms with van der Waals surface area (Å²) in [7, 11) is 0. The van der Waals surface area contributed by atoms with E-state index in [1.54, 1.807) is 0 Å². The van der Waals surface area contributed by atoms with E-state index >= 15 is 0 Å². The minimum Gasteiger partial charge on any atom is -0.303 e. The van der Waals surface area contributed by atoms with Crippen molar-refractivity contribution in [3.8, 4) is 0 Å². The molecule has 0 bridgehead atoms. The minimum absolute atomic E-state index is 0. The van der Waals surface area contributed by atoms with Gasteiger partial charge in [-0.15, -0.1) is 0 Å². The van der Waals surface area contributed by atoms with E-state index in [2.05, 4.69) is 0 Å². The zero-order valence-corrected chi connectivity index (χ0v) is 8.01. The average Bonchev–Trinajstić information content (AvgIpc) is 1.41. The molecule has 0 saturated carbocycles. The van der Waals surface area contributed by atoms with Crippen LogP contribution in [0.1, 0.15) is 19.8 Å². The zero-order valence-electron chi connectivity index (χ0n) is 3.90. The van der Waals surface area contributed by atoms with Gasteiger partial charge in [0.1, 0.15) is 6.29 Å². The fraction of sp³-hybridized carbons (Fsp3) is 0.750. The summed E-state index contributed by atoms with van der Waals surface area (Å²) >= 11 is 0. The largest absolute Gasteiger partial charge is 0.303 e. The summed E-state index contributed by atoms with van der Waals surface area (Å²) in [6.07, 6.45) is 2.61. The smallest absolute Gasteiger partial charge is 0.119 e. The third-order valence-corrected chi connectivity index (χ3v) is 0.407. The molecule has 1 nitrogen and oxygen atoms in total. The summed E-state index contributed by atoms with van der Waals surface area (Å²) < 4.78 is 0. The Hall–Kier alpha value is 0.995. The molecular formula is C4H8OTh. The van der Waals surface area contributed by atoms with Gasteiger partial charge in [-0.05, 0) is 6.42 Å². The van der Waals surface area contributed by atoms with Crippen molar-refractivity contribution in [2.24, 2.45) is 0 Å². The molecule has 0 heterocycles. The van der Waals surface area contributed by atoms with Crippen LogP contribution in [0, 0.1) is 39.9 Å². The summed E-state index contributed by atoms with van der Waals surface area (Å²) in [4.78, 5) is 9.40. The fourth-order valence-corrected chi connectivity index (χ4v) is 0.118. The van der Waals surface area contributed by atoms with E-state index in [1.165, 1.54) is 0 Å². The second-order valence-electron chi connectivity index (χ2n) is 0.955. The molecule has 0 aromatic carbocycles. The Morgan fingerprint density at radius 1 is 1.67 bits per heavy atom. The van der Waals surface area contributed by atoms with Crippen LogP contribution in [-0.4, -0.2) is 6.29 Å². The van der Waals surface area contributed by atoms with Gasteiger partial charge >= 0.3 is 0 Å². The number of carbonyl (C=O) groups is 1. The van der Waals surface area contributed by atoms with Gasteiger partial charge in [-0.2, -0.15) is 0 Å². The van der Waals surface area contributed by atoms with E-state index in [-0.39, 0.29) is 39.9 Å². The van der Waals surface area contributed by atoms with Crippen molar-refractivity contribution in [1.82, 2.24) is 0 Å². The molecular weight excluding hydrogens is 296 g/mol. The van der Waals surface area contributed by atoms with Gasteiger partial charge in [0.15, 0.2) is 0 Å². The molecule has 34 valence electrons. The molecule has 0 atom stereocenters. The molecule has 0 radical (unpaired) electrons. The van der Waals surface area contributed by atoms with Crippen LogP contribution in [0.5, 0.6) is 0 Å². The Kier molecular flexibility index (Phi) is 15.7. The van der Waals surface area contributed by atoms with Gasteiger partial charge in [0.05, 0.1) is 0 Å². The summed E-state index contributed by atoms with van der Waals surface area (Å²) in [5.41, 5.74) is 0. The standard InChI is InChI=1S/C4H8O.Th/c1-2-3-4-5;/h4H,2-3H2,1H3;. The quantitative estimate of drug-likeness (QED) is 0.695. The molecule has 6 heavy (non-hydrogen) atoms. The Morgan fingerprint density at radius 2 is 2.17 bits per heavy atom. The van der Waals surface area contributed by atoms with Gasteiger partial charge in [0.2, 0.25) is 0 Å². The Morgan fingerprint density at radius 3 is 2.17 bits per heavy atom. The van der Waals surface area contributed by atoms with Crippen molar-refractivity contribution in [2.45, 2.75) is 19.8 Å². The molecule has 0 rings (SSSR count). The molecule has 0 fully saturated rings. The second kappa shape index (κ2) is 9.37. The molecule has 0 spiro atoms. The van der Waals surface area contributed by atoms with E-state index in [1.807, 2.05) is 6.92 Å². The van der Waals surface area contributed by atoms with Crippen molar-refractivity contribution < 1.29 is 44.7 Å². The Balaban J connectivity index is 0. The molecule has 0 aromatic rings. The predicted molar refractivity (Wildman–Crippen MR) is 21.0 cm³/mol. The maximum Gasteiger partial charge on any atom is 0.119 e. The average molecular weight is 304 g/mol. The summed E-state index contributed by atoms with van der Waals surface area (Å²) in [6, 6.07) is 0. The van der Waals surface area contributed by atoms with E-state index < -0.39 is 0 Å². The van der Waals surface area contributed by atoms with E-state index in [9.17, 15) is 4.79 Å². The third kappa shape index (κ3) is 8.89. The van der Waals surface area contributed by atoms with Crippen molar-refractivity contribution in [1.29, 1.82) is 0 Å². The molecule has 2 heteroatoms. The summed E-state index contributed by atoms with van der Waals surface area (Å²) in [5, 5.41) is 0. The van der Waals surface area contributed by atoms with Crippen molar-refractivity contribution in [2.75, 3.05) is 0 Å². The van der Waals surface area contributed by atoms with E-state index in [0.717, 1.165) is 12.7 Å². The van der Waals surface area contributed by atoms with Crippen LogP contribution in [0.4, 0.5) is 0 Å². The molecule has 0 saturated heterocycles. The molecule has 0 aliphatic heterocycles. The second-order valence-corrected chi connectivity index (χ2v) is 0.955. The van der Waals surface area contributed by atoms with Crippen molar-refractivity contribution >= 4 is 6.29 Å². The minimum atomic E-state index is 0. The molecule has 0 N–H and O–H groups in total. The Labute approximate surface area is 70.2 Å². The number of rotatable bonds is 2. The zero-order chi connectivity index (χ0) is 4.12. The normalized spacial score (nSPS) is 6.17. The van der Waals surface area contributed by atoms with Crippen molar-refractivity contribution in [3.05, 3.63) is 0 Å². The molecule has 0 aliphatic carbocycles. The number of hydrogen-bond acceptors (Lipinski definition) is 1. The van der Waals surface area contributed by atoms with Crippen LogP contribution in [0.2, 0.25) is 0 Å². The predicted octanol–water partition coefficient (Wildman–Crippen LogP) is 0.985. The SMILES string of the molecule is CCCC=O.[Th]. The van der Waals surface area contributed by atoms with Gasteiger partial charge < -0.3 is 4.79 Å². The van der Waals surface area contributed by atoms with E-state index in [4.69, 9.17) is 0 Å². The molecule has 0 aromatic heterocycles. The van der Waals surface area contributed by atoms with Gasteiger partial charge in [0, 0.05) is 46.4 Å². The van der Waals surface area contributed by atoms with Crippen LogP contribution in [0.15, 0.2) is 0 Å². The number of hydrogen-bond donors (Lipinski definition) is 0. The monoisotopic (exact) mass is 304 g/mol. The van der Waals surface area contributed by atoms with Crippen molar-refractivity contribution in [3.63, 3.8) is 0 Å². The van der Waals surface area contributed by atoms with Gasteiger partial charge in [-0.3, -0.25) is 0 Å². The van der Waals surface area contributed by atoms with Gasteiger partial charge in [-0.1, -0.05) is 6.92 Å². The summed E-state index contributed by atoms with van der Waals surface area (Å²) in [6.45, 7) is 1.98. The van der Waals surface area contributed by atoms with E-state index in [0.29, 0.717) is 6.42 Å². The van der Waals surface area contributed by atoms with Crippen LogP contribution in [0.3, 0.4) is 0 Å². The molecule has 0 aliphatic rings. The first-order valence-corrected chi connectivity index (χ1v) is 1.85. The first kappa shape index (κ1) is 10.1. The number of aldehydes is 1. The van der Waals surface area contributed by atoms with Gasteiger partial charge in [-0.25, -0.2) is 0 Å². The Bertz CT molecular complexity index is 28.7. The summed E-state index contributed by atoms with van der Waals surface area (Å²) in [5.74, 6) is 0. The number of carbonyl (C=O) groups excluding carboxylic acids is 1. The maximum atomic E-state index is 9.40. The fourth-order valence-electron chi connectivity index (χ4n) is 0.118. The van der Waals surface area contributed by atoms with Crippen LogP contribution < -0.4 is 0 Å². The third-order valence-electron chi connectivity index (χ3n) is 0.407. The molecule has 0 amide bonds.